The van der Waals surface area contributed by atoms with Crippen molar-refractivity contribution in [2.45, 2.75) is 39.3 Å². The first-order valence-electron chi connectivity index (χ1n) is 7.97. The first-order chi connectivity index (χ1) is 10.2. The Morgan fingerprint density at radius 1 is 1.13 bits per heavy atom. The van der Waals surface area contributed by atoms with Crippen LogP contribution in [0.1, 0.15) is 37.3 Å². The zero-order valence-corrected chi connectivity index (χ0v) is 15.4. The van der Waals surface area contributed by atoms with Crippen LogP contribution in [-0.4, -0.2) is 30.4 Å². The van der Waals surface area contributed by atoms with Gasteiger partial charge in [-0.1, -0.05) is 37.6 Å². The molecule has 0 radical (unpaired) electrons. The summed E-state index contributed by atoms with van der Waals surface area (Å²) < 4.78 is 0. The first kappa shape index (κ1) is 22.2. The van der Waals surface area contributed by atoms with E-state index in [0.29, 0.717) is 13.1 Å². The lowest BCUT2D eigenvalue weighted by Gasteiger charge is -2.26. The van der Waals surface area contributed by atoms with Gasteiger partial charge in [0.1, 0.15) is 0 Å². The molecule has 1 atom stereocenters. The second-order valence-corrected chi connectivity index (χ2v) is 6.01. The fraction of sp³-hybridized carbons (Fsp3) is 0.588. The summed E-state index contributed by atoms with van der Waals surface area (Å²) in [4.78, 5) is 14.2. The molecule has 0 bridgehead atoms. The number of piperidine rings is 1. The van der Waals surface area contributed by atoms with Crippen molar-refractivity contribution in [1.82, 2.24) is 10.2 Å². The number of halogens is 2. The number of likely N-dealkylation sites (tertiary alicyclic amines) is 1. The van der Waals surface area contributed by atoms with E-state index in [1.165, 1.54) is 37.9 Å². The molecule has 23 heavy (non-hydrogen) atoms. The maximum atomic E-state index is 11.7. The smallest absolute Gasteiger partial charge is 0.224 e. The van der Waals surface area contributed by atoms with Crippen LogP contribution in [0.4, 0.5) is 0 Å². The van der Waals surface area contributed by atoms with Crippen LogP contribution in [0.5, 0.6) is 0 Å². The number of amides is 1. The summed E-state index contributed by atoms with van der Waals surface area (Å²) in [7, 11) is 0. The van der Waals surface area contributed by atoms with Gasteiger partial charge in [0.05, 0.1) is 0 Å². The summed E-state index contributed by atoms with van der Waals surface area (Å²) in [6.45, 7) is 6.28. The van der Waals surface area contributed by atoms with Gasteiger partial charge in [0, 0.05) is 25.6 Å². The Bertz CT molecular complexity index is 448. The molecule has 1 aromatic carbocycles. The van der Waals surface area contributed by atoms with E-state index in [1.807, 2.05) is 6.92 Å². The summed E-state index contributed by atoms with van der Waals surface area (Å²) >= 11 is 0. The van der Waals surface area contributed by atoms with E-state index in [1.54, 1.807) is 0 Å². The standard InChI is InChI=1S/C17H27N3O.2ClH/c1-14(11-18)17(21)19-12-15-5-7-16(8-6-15)13-20-9-3-2-4-10-20;;/h5-8,14H,2-4,9-13,18H2,1H3,(H,19,21);2*1H. The molecule has 1 heterocycles. The maximum absolute atomic E-state index is 11.7. The molecule has 1 unspecified atom stereocenters. The molecule has 3 N–H and O–H groups in total. The summed E-state index contributed by atoms with van der Waals surface area (Å²) in [6, 6.07) is 8.55. The fourth-order valence-corrected chi connectivity index (χ4v) is 2.61. The number of carbonyl (C=O) groups is 1. The molecule has 1 amide bonds. The third-order valence-corrected chi connectivity index (χ3v) is 4.15. The molecule has 0 spiro atoms. The van der Waals surface area contributed by atoms with Crippen LogP contribution in [0.2, 0.25) is 0 Å². The third kappa shape index (κ3) is 7.53. The van der Waals surface area contributed by atoms with Crippen molar-refractivity contribution in [3.63, 3.8) is 0 Å². The lowest BCUT2D eigenvalue weighted by atomic mass is 10.1. The Morgan fingerprint density at radius 2 is 1.70 bits per heavy atom. The van der Waals surface area contributed by atoms with Crippen LogP contribution >= 0.6 is 24.8 Å². The quantitative estimate of drug-likeness (QED) is 0.818. The number of nitrogens with one attached hydrogen (secondary N) is 1. The monoisotopic (exact) mass is 361 g/mol. The molecule has 2 rings (SSSR count). The molecule has 6 heteroatoms. The largest absolute Gasteiger partial charge is 0.352 e. The van der Waals surface area contributed by atoms with Crippen molar-refractivity contribution in [3.05, 3.63) is 35.4 Å². The lowest BCUT2D eigenvalue weighted by molar-refractivity contribution is -0.124. The molecule has 0 aliphatic carbocycles. The Hall–Kier alpha value is -0.810. The third-order valence-electron chi connectivity index (χ3n) is 4.15. The van der Waals surface area contributed by atoms with Crippen LogP contribution in [0.3, 0.4) is 0 Å². The van der Waals surface area contributed by atoms with Gasteiger partial charge in [-0.25, -0.2) is 0 Å². The summed E-state index contributed by atoms with van der Waals surface area (Å²) in [5.74, 6) is -0.0988. The molecule has 0 aromatic heterocycles. The highest BCUT2D eigenvalue weighted by Crippen LogP contribution is 2.13. The molecule has 1 aliphatic heterocycles. The van der Waals surface area contributed by atoms with Crippen LogP contribution in [-0.2, 0) is 17.9 Å². The molecule has 1 saturated heterocycles. The van der Waals surface area contributed by atoms with Crippen LogP contribution in [0.15, 0.2) is 24.3 Å². The molecule has 0 saturated carbocycles. The van der Waals surface area contributed by atoms with Crippen molar-refractivity contribution < 1.29 is 4.79 Å². The van der Waals surface area contributed by atoms with E-state index in [9.17, 15) is 4.79 Å². The van der Waals surface area contributed by atoms with Crippen LogP contribution < -0.4 is 11.1 Å². The number of nitrogens with two attached hydrogens (primary N) is 1. The Labute approximate surface area is 152 Å². The highest BCUT2D eigenvalue weighted by atomic mass is 35.5. The summed E-state index contributed by atoms with van der Waals surface area (Å²) in [6.07, 6.45) is 4.02. The minimum atomic E-state index is -0.122. The number of benzene rings is 1. The zero-order valence-electron chi connectivity index (χ0n) is 13.8. The van der Waals surface area contributed by atoms with Gasteiger partial charge in [0.25, 0.3) is 0 Å². The van der Waals surface area contributed by atoms with Crippen molar-refractivity contribution in [3.8, 4) is 0 Å². The van der Waals surface area contributed by atoms with E-state index in [4.69, 9.17) is 5.73 Å². The van der Waals surface area contributed by atoms with Gasteiger partial charge >= 0.3 is 0 Å². The van der Waals surface area contributed by atoms with Crippen molar-refractivity contribution in [2.75, 3.05) is 19.6 Å². The number of hydrogen-bond donors (Lipinski definition) is 2. The minimum Gasteiger partial charge on any atom is -0.352 e. The highest BCUT2D eigenvalue weighted by Gasteiger charge is 2.11. The number of rotatable bonds is 6. The van der Waals surface area contributed by atoms with E-state index in [-0.39, 0.29) is 36.6 Å². The predicted molar refractivity (Wildman–Crippen MR) is 100 cm³/mol. The summed E-state index contributed by atoms with van der Waals surface area (Å²) in [5, 5.41) is 2.92. The molecule has 4 nitrogen and oxygen atoms in total. The van der Waals surface area contributed by atoms with E-state index in [0.717, 1.165) is 12.1 Å². The minimum absolute atomic E-state index is 0. The topological polar surface area (TPSA) is 58.4 Å². The predicted octanol–water partition coefficient (Wildman–Crippen LogP) is 2.73. The Kier molecular flexibility index (Phi) is 11.3. The molecular formula is C17H29Cl2N3O. The van der Waals surface area contributed by atoms with Crippen molar-refractivity contribution >= 4 is 30.7 Å². The van der Waals surface area contributed by atoms with Gasteiger partial charge < -0.3 is 11.1 Å². The number of hydrogen-bond acceptors (Lipinski definition) is 3. The van der Waals surface area contributed by atoms with Crippen LogP contribution in [0.25, 0.3) is 0 Å². The average molecular weight is 362 g/mol. The van der Waals surface area contributed by atoms with E-state index in [2.05, 4.69) is 34.5 Å². The molecular weight excluding hydrogens is 333 g/mol. The highest BCUT2D eigenvalue weighted by molar-refractivity contribution is 5.85. The van der Waals surface area contributed by atoms with Crippen molar-refractivity contribution in [2.24, 2.45) is 11.7 Å². The fourth-order valence-electron chi connectivity index (χ4n) is 2.61. The van der Waals surface area contributed by atoms with Gasteiger partial charge in [-0.2, -0.15) is 0 Å². The van der Waals surface area contributed by atoms with Crippen LogP contribution in [0, 0.1) is 5.92 Å². The SMILES string of the molecule is CC(CN)C(=O)NCc1ccc(CN2CCCCC2)cc1.Cl.Cl. The van der Waals surface area contributed by atoms with Gasteiger partial charge in [-0.3, -0.25) is 9.69 Å². The molecule has 132 valence electrons. The van der Waals surface area contributed by atoms with Gasteiger partial charge in [-0.05, 0) is 37.1 Å². The maximum Gasteiger partial charge on any atom is 0.224 e. The second kappa shape index (κ2) is 11.7. The van der Waals surface area contributed by atoms with E-state index < -0.39 is 0 Å². The Balaban J connectivity index is 0.00000242. The van der Waals surface area contributed by atoms with Gasteiger partial charge in [0.2, 0.25) is 5.91 Å². The Morgan fingerprint density at radius 3 is 2.26 bits per heavy atom. The lowest BCUT2D eigenvalue weighted by Crippen LogP contribution is -2.32. The molecule has 1 aliphatic rings. The zero-order chi connectivity index (χ0) is 15.1. The average Bonchev–Trinajstić information content (AvgIpc) is 2.54. The van der Waals surface area contributed by atoms with Gasteiger partial charge in [-0.15, -0.1) is 24.8 Å². The normalized spacial score (nSPS) is 15.9. The first-order valence-corrected chi connectivity index (χ1v) is 7.97. The molecule has 1 aromatic rings. The second-order valence-electron chi connectivity index (χ2n) is 6.01. The van der Waals surface area contributed by atoms with Gasteiger partial charge in [0.15, 0.2) is 0 Å². The summed E-state index contributed by atoms with van der Waals surface area (Å²) in [5.41, 5.74) is 7.97. The number of nitrogens with zero attached hydrogens (tertiary/aromatic N) is 1. The molecule has 1 fully saturated rings. The van der Waals surface area contributed by atoms with Crippen molar-refractivity contribution in [1.29, 1.82) is 0 Å². The number of carbonyl (C=O) groups excluding carboxylic acids is 1. The van der Waals surface area contributed by atoms with E-state index >= 15 is 0 Å².